The number of aryl methyl sites for hydroxylation is 1. The van der Waals surface area contributed by atoms with Crippen LogP contribution in [0.1, 0.15) is 43.2 Å². The molecule has 2 amide bonds. The van der Waals surface area contributed by atoms with Crippen molar-refractivity contribution in [2.75, 3.05) is 27.4 Å². The summed E-state index contributed by atoms with van der Waals surface area (Å²) in [5, 5.41) is 0.496. The molecule has 1 aliphatic rings. The minimum Gasteiger partial charge on any atom is -0.376 e. The van der Waals surface area contributed by atoms with E-state index in [9.17, 15) is 14.4 Å². The van der Waals surface area contributed by atoms with Gasteiger partial charge in [0.2, 0.25) is 0 Å². The fraction of sp³-hybridized carbons (Fsp3) is 0.667. The first-order valence-electron chi connectivity index (χ1n) is 10.7. The highest BCUT2D eigenvalue weighted by Crippen LogP contribution is 2.30. The molecule has 2 aromatic heterocycles. The molecule has 10 nitrogen and oxygen atoms in total. The van der Waals surface area contributed by atoms with Crippen molar-refractivity contribution in [2.24, 2.45) is 5.73 Å². The molecule has 1 fully saturated rings. The second-order valence-electron chi connectivity index (χ2n) is 8.25. The molecule has 3 heterocycles. The highest BCUT2D eigenvalue weighted by Gasteiger charge is 2.26. The molecular formula is C21H32N4O6S. The lowest BCUT2D eigenvalue weighted by Crippen LogP contribution is -2.42. The number of methoxy groups -OCH3 is 2. The van der Waals surface area contributed by atoms with Crippen LogP contribution in [0.25, 0.3) is 10.2 Å². The van der Waals surface area contributed by atoms with E-state index in [2.05, 4.69) is 0 Å². The number of hydrogen-bond donors (Lipinski definition) is 1. The molecule has 32 heavy (non-hydrogen) atoms. The summed E-state index contributed by atoms with van der Waals surface area (Å²) in [7, 11) is 2.96. The Hall–Kier alpha value is -2.21. The van der Waals surface area contributed by atoms with Crippen LogP contribution in [-0.4, -0.2) is 59.8 Å². The largest absolute Gasteiger partial charge is 0.376 e. The molecule has 0 aliphatic carbocycles. The van der Waals surface area contributed by atoms with E-state index in [-0.39, 0.29) is 36.5 Å². The summed E-state index contributed by atoms with van der Waals surface area (Å²) < 4.78 is 19.1. The average Bonchev–Trinajstić information content (AvgIpc) is 3.36. The van der Waals surface area contributed by atoms with Gasteiger partial charge >= 0.3 is 11.7 Å². The van der Waals surface area contributed by atoms with Crippen LogP contribution < -0.4 is 17.0 Å². The van der Waals surface area contributed by atoms with Gasteiger partial charge in [0, 0.05) is 31.7 Å². The molecule has 1 saturated heterocycles. The summed E-state index contributed by atoms with van der Waals surface area (Å²) in [6.45, 7) is 6.85. The van der Waals surface area contributed by atoms with Gasteiger partial charge in [-0.1, -0.05) is 0 Å². The van der Waals surface area contributed by atoms with Gasteiger partial charge in [-0.05, 0) is 39.2 Å². The number of carbonyl (C=O) groups excluding carboxylic acids is 1. The number of thiophene rings is 1. The lowest BCUT2D eigenvalue weighted by atomic mass is 10.2. The van der Waals surface area contributed by atoms with Crippen molar-refractivity contribution in [3.8, 4) is 0 Å². The highest BCUT2D eigenvalue weighted by molar-refractivity contribution is 7.18. The number of amides is 2. The molecule has 0 spiro atoms. The third-order valence-electron chi connectivity index (χ3n) is 5.81. The van der Waals surface area contributed by atoms with Crippen molar-refractivity contribution in [1.29, 1.82) is 0 Å². The van der Waals surface area contributed by atoms with Gasteiger partial charge in [-0.2, -0.15) is 0 Å². The molecule has 1 atom stereocenters. The number of aromatic nitrogens is 2. The topological polar surface area (TPSA) is 118 Å². The highest BCUT2D eigenvalue weighted by atomic mass is 32.1. The summed E-state index contributed by atoms with van der Waals surface area (Å²) in [4.78, 5) is 41.4. The first-order valence-corrected chi connectivity index (χ1v) is 11.5. The number of urea groups is 1. The van der Waals surface area contributed by atoms with Gasteiger partial charge < -0.3 is 24.8 Å². The predicted octanol–water partition coefficient (Wildman–Crippen LogP) is 1.79. The molecule has 2 N–H and O–H groups in total. The van der Waals surface area contributed by atoms with E-state index in [4.69, 9.17) is 19.9 Å². The molecule has 0 aromatic carbocycles. The Bertz CT molecular complexity index is 1080. The monoisotopic (exact) mass is 468 g/mol. The summed E-state index contributed by atoms with van der Waals surface area (Å²) in [5.41, 5.74) is 5.67. The van der Waals surface area contributed by atoms with E-state index in [1.165, 1.54) is 35.0 Å². The van der Waals surface area contributed by atoms with Crippen LogP contribution in [0.5, 0.6) is 0 Å². The molecule has 3 rings (SSSR count). The van der Waals surface area contributed by atoms with E-state index in [1.807, 2.05) is 20.8 Å². The molecule has 0 bridgehead atoms. The van der Waals surface area contributed by atoms with E-state index >= 15 is 0 Å². The Kier molecular flexibility index (Phi) is 7.75. The van der Waals surface area contributed by atoms with Crippen LogP contribution in [0.15, 0.2) is 9.59 Å². The van der Waals surface area contributed by atoms with Gasteiger partial charge in [-0.15, -0.1) is 11.3 Å². The Labute approximate surface area is 190 Å². The van der Waals surface area contributed by atoms with Crippen LogP contribution in [-0.2, 0) is 27.3 Å². The first kappa shape index (κ1) is 24.4. The quantitative estimate of drug-likeness (QED) is 0.561. The van der Waals surface area contributed by atoms with E-state index < -0.39 is 12.3 Å². The lowest BCUT2D eigenvalue weighted by molar-refractivity contribution is -0.111. The number of rotatable bonds is 9. The Morgan fingerprint density at radius 2 is 2.00 bits per heavy atom. The SMILES string of the molecule is COC(CN(Cc1sc2c(c1C)c(=O)n(C(C)C)c(=O)n2CC1CCCO1)C(N)=O)OC. The molecule has 2 aromatic rings. The van der Waals surface area contributed by atoms with Crippen molar-refractivity contribution < 1.29 is 19.0 Å². The van der Waals surface area contributed by atoms with E-state index in [1.54, 1.807) is 4.57 Å². The molecule has 0 saturated carbocycles. The molecule has 1 aliphatic heterocycles. The van der Waals surface area contributed by atoms with E-state index in [0.29, 0.717) is 23.4 Å². The summed E-state index contributed by atoms with van der Waals surface area (Å²) >= 11 is 1.33. The molecular weight excluding hydrogens is 436 g/mol. The average molecular weight is 469 g/mol. The maximum Gasteiger partial charge on any atom is 0.332 e. The maximum absolute atomic E-state index is 13.3. The summed E-state index contributed by atoms with van der Waals surface area (Å²) in [5.74, 6) is 0. The summed E-state index contributed by atoms with van der Waals surface area (Å²) in [6, 6.07) is -0.915. The van der Waals surface area contributed by atoms with Crippen LogP contribution in [0, 0.1) is 6.92 Å². The van der Waals surface area contributed by atoms with Gasteiger partial charge in [0.25, 0.3) is 5.56 Å². The van der Waals surface area contributed by atoms with Crippen LogP contribution in [0.2, 0.25) is 0 Å². The minimum absolute atomic E-state index is 0.0637. The van der Waals surface area contributed by atoms with Crippen LogP contribution in [0.4, 0.5) is 4.79 Å². The Morgan fingerprint density at radius 3 is 2.53 bits per heavy atom. The summed E-state index contributed by atoms with van der Waals surface area (Å²) in [6.07, 6.45) is 1.13. The van der Waals surface area contributed by atoms with Crippen molar-refractivity contribution in [3.63, 3.8) is 0 Å². The number of nitrogens with zero attached hydrogens (tertiary/aromatic N) is 3. The molecule has 1 unspecified atom stereocenters. The lowest BCUT2D eigenvalue weighted by Gasteiger charge is -2.24. The first-order chi connectivity index (χ1) is 15.2. The molecule has 178 valence electrons. The van der Waals surface area contributed by atoms with Gasteiger partial charge in [-0.3, -0.25) is 13.9 Å². The van der Waals surface area contributed by atoms with E-state index in [0.717, 1.165) is 23.3 Å². The van der Waals surface area contributed by atoms with Crippen molar-refractivity contribution in [2.45, 2.75) is 65.1 Å². The second kappa shape index (κ2) is 10.2. The van der Waals surface area contributed by atoms with Gasteiger partial charge in [0.1, 0.15) is 4.83 Å². The predicted molar refractivity (Wildman–Crippen MR) is 122 cm³/mol. The maximum atomic E-state index is 13.3. The number of nitrogens with two attached hydrogens (primary N) is 1. The fourth-order valence-electron chi connectivity index (χ4n) is 4.00. The van der Waals surface area contributed by atoms with Crippen LogP contribution in [0.3, 0.4) is 0 Å². The van der Waals surface area contributed by atoms with Crippen LogP contribution >= 0.6 is 11.3 Å². The Balaban J connectivity index is 2.12. The third-order valence-corrected chi connectivity index (χ3v) is 7.11. The molecule has 0 radical (unpaired) electrons. The molecule has 11 heteroatoms. The smallest absolute Gasteiger partial charge is 0.332 e. The zero-order chi connectivity index (χ0) is 23.6. The number of fused-ring (bicyclic) bond motifs is 1. The fourth-order valence-corrected chi connectivity index (χ4v) is 5.31. The van der Waals surface area contributed by atoms with Gasteiger partial charge in [-0.25, -0.2) is 9.59 Å². The number of hydrogen-bond acceptors (Lipinski definition) is 7. The van der Waals surface area contributed by atoms with Gasteiger partial charge in [0.15, 0.2) is 6.29 Å². The number of carbonyl (C=O) groups is 1. The van der Waals surface area contributed by atoms with Crippen molar-refractivity contribution in [1.82, 2.24) is 14.0 Å². The zero-order valence-electron chi connectivity index (χ0n) is 19.3. The van der Waals surface area contributed by atoms with Crippen molar-refractivity contribution in [3.05, 3.63) is 31.3 Å². The zero-order valence-corrected chi connectivity index (χ0v) is 20.1. The standard InChI is InChI=1S/C21H32N4O6S/c1-12(2)25-18(26)17-13(3)15(10-23(20(22)27)11-16(29-4)30-5)32-19(17)24(21(25)28)9-14-7-6-8-31-14/h12,14,16H,6-11H2,1-5H3,(H2,22,27). The Morgan fingerprint density at radius 1 is 1.31 bits per heavy atom. The van der Waals surface area contributed by atoms with Crippen molar-refractivity contribution >= 4 is 27.6 Å². The number of ether oxygens (including phenoxy) is 3. The minimum atomic E-state index is -0.631. The number of primary amides is 1. The normalized spacial score (nSPS) is 16.5. The second-order valence-corrected chi connectivity index (χ2v) is 9.33. The third kappa shape index (κ3) is 4.75. The van der Waals surface area contributed by atoms with Gasteiger partial charge in [0.05, 0.1) is 31.1 Å².